The van der Waals surface area contributed by atoms with E-state index in [1.807, 2.05) is 65.0 Å². The highest BCUT2D eigenvalue weighted by Crippen LogP contribution is 2.25. The summed E-state index contributed by atoms with van der Waals surface area (Å²) in [5.74, 6) is 0.597. The van der Waals surface area contributed by atoms with Crippen molar-refractivity contribution in [1.29, 1.82) is 0 Å². The number of carbonyl (C=O) groups excluding carboxylic acids is 1. The molecule has 0 aliphatic rings. The van der Waals surface area contributed by atoms with Gasteiger partial charge in [0.2, 0.25) is 0 Å². The zero-order chi connectivity index (χ0) is 22.4. The first-order valence-corrected chi connectivity index (χ1v) is 11.0. The summed E-state index contributed by atoms with van der Waals surface area (Å²) >= 11 is 6.04. The van der Waals surface area contributed by atoms with Crippen LogP contribution in [0.25, 0.3) is 5.65 Å². The third kappa shape index (κ3) is 6.29. The van der Waals surface area contributed by atoms with Crippen LogP contribution in [0.5, 0.6) is 0 Å². The second kappa shape index (κ2) is 10.8. The Kier molecular flexibility index (Phi) is 8.07. The molecule has 0 aliphatic carbocycles. The molecule has 3 rings (SSSR count). The molecule has 0 saturated heterocycles. The summed E-state index contributed by atoms with van der Waals surface area (Å²) in [4.78, 5) is 19.6. The number of hydrogen-bond donors (Lipinski definition) is 2. The first kappa shape index (κ1) is 23.3. The van der Waals surface area contributed by atoms with Crippen LogP contribution in [0.2, 0.25) is 5.02 Å². The van der Waals surface area contributed by atoms with Crippen molar-refractivity contribution < 1.29 is 9.90 Å². The van der Waals surface area contributed by atoms with Crippen molar-refractivity contribution >= 4 is 23.2 Å². The maximum Gasteiger partial charge on any atom is 0.268 e. The number of fused-ring (bicyclic) bond motifs is 1. The van der Waals surface area contributed by atoms with E-state index in [2.05, 4.69) is 24.1 Å². The SMILES string of the molecule is CC(C)CC(CNC(=O)c1cccc2nc(CN(C)CCO)cn12)c1ccc(Cl)cc1. The fourth-order valence-electron chi connectivity index (χ4n) is 3.80. The van der Waals surface area contributed by atoms with Gasteiger partial charge in [-0.15, -0.1) is 0 Å². The number of nitrogens with one attached hydrogen (secondary N) is 1. The summed E-state index contributed by atoms with van der Waals surface area (Å²) in [7, 11) is 1.93. The molecule has 7 heteroatoms. The predicted octanol–water partition coefficient (Wildman–Crippen LogP) is 3.97. The molecule has 0 saturated carbocycles. The van der Waals surface area contributed by atoms with Crippen molar-refractivity contribution in [2.75, 3.05) is 26.7 Å². The van der Waals surface area contributed by atoms with Gasteiger partial charge in [-0.05, 0) is 49.2 Å². The Morgan fingerprint density at radius 3 is 2.65 bits per heavy atom. The lowest BCUT2D eigenvalue weighted by molar-refractivity contribution is 0.0943. The van der Waals surface area contributed by atoms with E-state index in [0.717, 1.165) is 17.8 Å². The van der Waals surface area contributed by atoms with Crippen LogP contribution < -0.4 is 5.32 Å². The average Bonchev–Trinajstić information content (AvgIpc) is 3.13. The molecule has 2 N–H and O–H groups in total. The van der Waals surface area contributed by atoms with Gasteiger partial charge in [0.15, 0.2) is 0 Å². The summed E-state index contributed by atoms with van der Waals surface area (Å²) in [5, 5.41) is 12.9. The van der Waals surface area contributed by atoms with Crippen LogP contribution in [0.4, 0.5) is 0 Å². The largest absolute Gasteiger partial charge is 0.395 e. The number of amides is 1. The van der Waals surface area contributed by atoms with Gasteiger partial charge in [-0.25, -0.2) is 4.98 Å². The van der Waals surface area contributed by atoms with Crippen molar-refractivity contribution in [2.24, 2.45) is 5.92 Å². The third-order valence-electron chi connectivity index (χ3n) is 5.29. The van der Waals surface area contributed by atoms with Gasteiger partial charge in [-0.1, -0.05) is 43.6 Å². The minimum atomic E-state index is -0.124. The minimum Gasteiger partial charge on any atom is -0.395 e. The second-order valence-corrected chi connectivity index (χ2v) is 8.86. The third-order valence-corrected chi connectivity index (χ3v) is 5.55. The van der Waals surface area contributed by atoms with Crippen molar-refractivity contribution in [2.45, 2.75) is 32.7 Å². The molecule has 2 heterocycles. The lowest BCUT2D eigenvalue weighted by Gasteiger charge is -2.20. The number of pyridine rings is 1. The highest BCUT2D eigenvalue weighted by Gasteiger charge is 2.17. The predicted molar refractivity (Wildman–Crippen MR) is 125 cm³/mol. The maximum atomic E-state index is 13.0. The molecule has 166 valence electrons. The van der Waals surface area contributed by atoms with Gasteiger partial charge >= 0.3 is 0 Å². The maximum absolute atomic E-state index is 13.0. The van der Waals surface area contributed by atoms with Gasteiger partial charge in [-0.2, -0.15) is 0 Å². The summed E-state index contributed by atoms with van der Waals surface area (Å²) in [6, 6.07) is 13.4. The zero-order valence-corrected chi connectivity index (χ0v) is 19.1. The fourth-order valence-corrected chi connectivity index (χ4v) is 3.92. The summed E-state index contributed by atoms with van der Waals surface area (Å²) in [6.07, 6.45) is 2.86. The topological polar surface area (TPSA) is 69.9 Å². The molecular formula is C24H31ClN4O2. The molecule has 6 nitrogen and oxygen atoms in total. The second-order valence-electron chi connectivity index (χ2n) is 8.42. The Morgan fingerprint density at radius 2 is 1.97 bits per heavy atom. The van der Waals surface area contributed by atoms with Crippen LogP contribution in [-0.4, -0.2) is 52.0 Å². The van der Waals surface area contributed by atoms with Crippen LogP contribution >= 0.6 is 11.6 Å². The highest BCUT2D eigenvalue weighted by atomic mass is 35.5. The minimum absolute atomic E-state index is 0.0999. The van der Waals surface area contributed by atoms with Crippen molar-refractivity contribution in [3.63, 3.8) is 0 Å². The number of aliphatic hydroxyl groups is 1. The van der Waals surface area contributed by atoms with Gasteiger partial charge in [0.05, 0.1) is 12.3 Å². The van der Waals surface area contributed by atoms with E-state index >= 15 is 0 Å². The Morgan fingerprint density at radius 1 is 1.23 bits per heavy atom. The number of hydrogen-bond acceptors (Lipinski definition) is 4. The highest BCUT2D eigenvalue weighted by molar-refractivity contribution is 6.30. The first-order valence-electron chi connectivity index (χ1n) is 10.7. The standard InChI is InChI=1S/C24H31ClN4O2/c1-17(2)13-19(18-7-9-20(25)10-8-18)14-26-24(31)22-5-4-6-23-27-21(16-29(22)23)15-28(3)11-12-30/h4-10,16-17,19,30H,11-15H2,1-3H3,(H,26,31). The van der Waals surface area contributed by atoms with E-state index in [0.29, 0.717) is 36.3 Å². The lowest BCUT2D eigenvalue weighted by Crippen LogP contribution is -2.30. The van der Waals surface area contributed by atoms with Crippen LogP contribution in [0.3, 0.4) is 0 Å². The molecule has 31 heavy (non-hydrogen) atoms. The van der Waals surface area contributed by atoms with Crippen LogP contribution in [0.1, 0.15) is 47.9 Å². The summed E-state index contributed by atoms with van der Waals surface area (Å²) < 4.78 is 1.83. The molecule has 0 bridgehead atoms. The number of rotatable bonds is 10. The molecule has 0 fully saturated rings. The van der Waals surface area contributed by atoms with Gasteiger partial charge < -0.3 is 10.4 Å². The number of halogens is 1. The number of benzene rings is 1. The molecule has 1 unspecified atom stereocenters. The lowest BCUT2D eigenvalue weighted by atomic mass is 9.90. The monoisotopic (exact) mass is 442 g/mol. The number of likely N-dealkylation sites (N-methyl/N-ethyl adjacent to an activating group) is 1. The Bertz CT molecular complexity index is 1000. The normalized spacial score (nSPS) is 12.6. The first-order chi connectivity index (χ1) is 14.9. The molecule has 2 aromatic heterocycles. The molecule has 1 amide bonds. The van der Waals surface area contributed by atoms with Crippen LogP contribution in [0.15, 0.2) is 48.7 Å². The smallest absolute Gasteiger partial charge is 0.268 e. The molecule has 1 atom stereocenters. The fraction of sp³-hybridized carbons (Fsp3) is 0.417. The molecule has 0 spiro atoms. The zero-order valence-electron chi connectivity index (χ0n) is 18.4. The van der Waals surface area contributed by atoms with Gasteiger partial charge in [0.25, 0.3) is 5.91 Å². The molecule has 0 aliphatic heterocycles. The van der Waals surface area contributed by atoms with Crippen LogP contribution in [0, 0.1) is 5.92 Å². The number of aliphatic hydroxyl groups excluding tert-OH is 1. The Balaban J connectivity index is 1.75. The van der Waals surface area contributed by atoms with Gasteiger partial charge in [-0.3, -0.25) is 14.1 Å². The van der Waals surface area contributed by atoms with Gasteiger partial charge in [0, 0.05) is 36.8 Å². The van der Waals surface area contributed by atoms with Crippen molar-refractivity contribution in [3.8, 4) is 0 Å². The molecule has 3 aromatic rings. The average molecular weight is 443 g/mol. The molecule has 0 radical (unpaired) electrons. The van der Waals surface area contributed by atoms with E-state index in [4.69, 9.17) is 16.7 Å². The quantitative estimate of drug-likeness (QED) is 0.498. The van der Waals surface area contributed by atoms with E-state index in [1.165, 1.54) is 5.56 Å². The van der Waals surface area contributed by atoms with Crippen molar-refractivity contribution in [3.05, 3.63) is 70.6 Å². The number of aromatic nitrogens is 2. The van der Waals surface area contributed by atoms with Crippen molar-refractivity contribution in [1.82, 2.24) is 19.6 Å². The van der Waals surface area contributed by atoms with Gasteiger partial charge in [0.1, 0.15) is 11.3 Å². The summed E-state index contributed by atoms with van der Waals surface area (Å²) in [5.41, 5.74) is 3.32. The van der Waals surface area contributed by atoms with E-state index in [1.54, 1.807) is 0 Å². The number of nitrogens with zero attached hydrogens (tertiary/aromatic N) is 3. The summed E-state index contributed by atoms with van der Waals surface area (Å²) in [6.45, 7) is 6.20. The van der Waals surface area contributed by atoms with Crippen LogP contribution in [-0.2, 0) is 6.54 Å². The Hall–Kier alpha value is -2.41. The number of imidazole rings is 1. The Labute approximate surface area is 188 Å². The van der Waals surface area contributed by atoms with E-state index in [-0.39, 0.29) is 18.4 Å². The van der Waals surface area contributed by atoms with E-state index in [9.17, 15) is 4.79 Å². The number of carbonyl (C=O) groups is 1. The molecular weight excluding hydrogens is 412 g/mol. The molecule has 1 aromatic carbocycles. The van der Waals surface area contributed by atoms with E-state index < -0.39 is 0 Å².